The van der Waals surface area contributed by atoms with E-state index in [-0.39, 0.29) is 0 Å². The highest BCUT2D eigenvalue weighted by molar-refractivity contribution is 5.56. The van der Waals surface area contributed by atoms with Crippen molar-refractivity contribution in [3.63, 3.8) is 0 Å². The molecule has 0 aliphatic carbocycles. The molecule has 0 spiro atoms. The first-order valence-corrected chi connectivity index (χ1v) is 5.66. The van der Waals surface area contributed by atoms with Gasteiger partial charge in [-0.2, -0.15) is 0 Å². The van der Waals surface area contributed by atoms with Crippen LogP contribution >= 0.6 is 0 Å². The lowest BCUT2D eigenvalue weighted by molar-refractivity contribution is 0.686. The van der Waals surface area contributed by atoms with E-state index in [4.69, 9.17) is 5.84 Å². The Kier molecular flexibility index (Phi) is 4.49. The molecule has 5 nitrogen and oxygen atoms in total. The Bertz CT molecular complexity index is 350. The zero-order valence-electron chi connectivity index (χ0n) is 10.5. The Balaban J connectivity index is 2.90. The molecular formula is C11H21N5. The van der Waals surface area contributed by atoms with Crippen LogP contribution in [-0.4, -0.2) is 16.0 Å². The van der Waals surface area contributed by atoms with Crippen molar-refractivity contribution in [1.82, 2.24) is 9.97 Å². The molecule has 5 heteroatoms. The minimum absolute atomic E-state index is 0.406. The van der Waals surface area contributed by atoms with E-state index in [9.17, 15) is 0 Å². The fraction of sp³-hybridized carbons (Fsp3) is 0.636. The molecular weight excluding hydrogens is 202 g/mol. The highest BCUT2D eigenvalue weighted by Crippen LogP contribution is 2.20. The fourth-order valence-electron chi connectivity index (χ4n) is 1.65. The van der Waals surface area contributed by atoms with Crippen LogP contribution in [0.15, 0.2) is 0 Å². The number of nitrogen functional groups attached to an aromatic ring is 1. The summed E-state index contributed by atoms with van der Waals surface area (Å²) in [4.78, 5) is 8.60. The molecule has 0 aromatic carbocycles. The minimum atomic E-state index is 0.406. The second kappa shape index (κ2) is 5.65. The van der Waals surface area contributed by atoms with Crippen molar-refractivity contribution in [3.05, 3.63) is 11.4 Å². The predicted molar refractivity (Wildman–Crippen MR) is 67.3 cm³/mol. The Hall–Kier alpha value is -1.36. The molecule has 4 N–H and O–H groups in total. The van der Waals surface area contributed by atoms with Crippen LogP contribution in [0.4, 0.5) is 11.6 Å². The molecule has 1 aromatic heterocycles. The van der Waals surface area contributed by atoms with Gasteiger partial charge < -0.3 is 10.7 Å². The number of hydrogen-bond donors (Lipinski definition) is 3. The summed E-state index contributed by atoms with van der Waals surface area (Å²) >= 11 is 0. The van der Waals surface area contributed by atoms with Gasteiger partial charge >= 0.3 is 0 Å². The summed E-state index contributed by atoms with van der Waals surface area (Å²) < 4.78 is 0. The van der Waals surface area contributed by atoms with Crippen molar-refractivity contribution < 1.29 is 0 Å². The molecule has 0 amide bonds. The first kappa shape index (κ1) is 12.7. The van der Waals surface area contributed by atoms with Gasteiger partial charge in [0.25, 0.3) is 0 Å². The van der Waals surface area contributed by atoms with E-state index >= 15 is 0 Å². The molecule has 0 fully saturated rings. The summed E-state index contributed by atoms with van der Waals surface area (Å²) in [5.74, 6) is 7.66. The first-order valence-electron chi connectivity index (χ1n) is 5.66. The number of nitrogens with zero attached hydrogens (tertiary/aromatic N) is 2. The molecule has 1 atom stereocenters. The van der Waals surface area contributed by atoms with E-state index in [1.165, 1.54) is 0 Å². The van der Waals surface area contributed by atoms with Crippen molar-refractivity contribution in [2.24, 2.45) is 5.84 Å². The Morgan fingerprint density at radius 1 is 1.25 bits per heavy atom. The summed E-state index contributed by atoms with van der Waals surface area (Å²) in [6, 6.07) is 0.406. The van der Waals surface area contributed by atoms with E-state index in [1.807, 2.05) is 13.8 Å². The van der Waals surface area contributed by atoms with Crippen LogP contribution in [0.5, 0.6) is 0 Å². The third-order valence-corrected chi connectivity index (χ3v) is 2.50. The number of rotatable bonds is 5. The topological polar surface area (TPSA) is 75.9 Å². The summed E-state index contributed by atoms with van der Waals surface area (Å²) in [7, 11) is 0. The number of nitrogens with two attached hydrogens (primary N) is 1. The lowest BCUT2D eigenvalue weighted by Gasteiger charge is -2.17. The smallest absolute Gasteiger partial charge is 0.148 e. The summed E-state index contributed by atoms with van der Waals surface area (Å²) in [6.45, 7) is 8.13. The fourth-order valence-corrected chi connectivity index (χ4v) is 1.65. The second-order valence-electron chi connectivity index (χ2n) is 4.07. The molecule has 0 saturated heterocycles. The van der Waals surface area contributed by atoms with E-state index in [0.717, 1.165) is 24.2 Å². The van der Waals surface area contributed by atoms with Crippen molar-refractivity contribution in [2.75, 3.05) is 10.7 Å². The van der Waals surface area contributed by atoms with Gasteiger partial charge in [0, 0.05) is 11.6 Å². The molecule has 0 saturated carbocycles. The number of aromatic nitrogens is 2. The van der Waals surface area contributed by atoms with Crippen LogP contribution < -0.4 is 16.6 Å². The van der Waals surface area contributed by atoms with Crippen LogP contribution in [-0.2, 0) is 0 Å². The Morgan fingerprint density at radius 3 is 2.44 bits per heavy atom. The summed E-state index contributed by atoms with van der Waals surface area (Å²) in [5, 5.41) is 3.38. The molecule has 16 heavy (non-hydrogen) atoms. The number of aryl methyl sites for hydroxylation is 1. The number of hydrazine groups is 1. The van der Waals surface area contributed by atoms with Gasteiger partial charge in [-0.25, -0.2) is 15.8 Å². The highest BCUT2D eigenvalue weighted by Gasteiger charge is 2.10. The van der Waals surface area contributed by atoms with E-state index < -0.39 is 0 Å². The molecule has 0 radical (unpaired) electrons. The van der Waals surface area contributed by atoms with Gasteiger partial charge in [-0.1, -0.05) is 13.3 Å². The van der Waals surface area contributed by atoms with Gasteiger partial charge in [0.15, 0.2) is 0 Å². The third kappa shape index (κ3) is 3.06. The highest BCUT2D eigenvalue weighted by atomic mass is 15.3. The number of anilines is 2. The average Bonchev–Trinajstić information content (AvgIpc) is 2.23. The van der Waals surface area contributed by atoms with E-state index in [0.29, 0.717) is 17.7 Å². The molecule has 90 valence electrons. The third-order valence-electron chi connectivity index (χ3n) is 2.50. The van der Waals surface area contributed by atoms with Crippen LogP contribution in [0.3, 0.4) is 0 Å². The Morgan fingerprint density at radius 2 is 1.88 bits per heavy atom. The molecule has 0 aliphatic rings. The Labute approximate surface area is 96.8 Å². The molecule has 1 unspecified atom stereocenters. The van der Waals surface area contributed by atoms with Gasteiger partial charge in [0.05, 0.1) is 0 Å². The predicted octanol–water partition coefficient (Wildman–Crippen LogP) is 1.98. The summed E-state index contributed by atoms with van der Waals surface area (Å²) in [6.07, 6.45) is 2.27. The van der Waals surface area contributed by atoms with Crippen molar-refractivity contribution in [2.45, 2.75) is 46.6 Å². The van der Waals surface area contributed by atoms with Crippen LogP contribution in [0, 0.1) is 13.8 Å². The van der Waals surface area contributed by atoms with Gasteiger partial charge in [0.1, 0.15) is 17.5 Å². The van der Waals surface area contributed by atoms with E-state index in [2.05, 4.69) is 34.6 Å². The molecule has 1 rings (SSSR count). The summed E-state index contributed by atoms with van der Waals surface area (Å²) in [5.41, 5.74) is 3.55. The zero-order chi connectivity index (χ0) is 12.1. The number of nitrogens with one attached hydrogen (secondary N) is 2. The maximum atomic E-state index is 5.41. The number of hydrogen-bond acceptors (Lipinski definition) is 5. The zero-order valence-corrected chi connectivity index (χ0v) is 10.5. The first-order chi connectivity index (χ1) is 7.58. The largest absolute Gasteiger partial charge is 0.367 e. The van der Waals surface area contributed by atoms with Gasteiger partial charge in [-0.3, -0.25) is 0 Å². The quantitative estimate of drug-likeness (QED) is 0.525. The van der Waals surface area contributed by atoms with Gasteiger partial charge in [0.2, 0.25) is 0 Å². The van der Waals surface area contributed by atoms with Crippen molar-refractivity contribution in [3.8, 4) is 0 Å². The lowest BCUT2D eigenvalue weighted by Crippen LogP contribution is -2.19. The maximum absolute atomic E-state index is 5.41. The molecule has 0 aliphatic heterocycles. The SMILES string of the molecule is CCCC(C)Nc1nc(C)nc(NN)c1C. The van der Waals surface area contributed by atoms with Crippen molar-refractivity contribution in [1.29, 1.82) is 0 Å². The molecule has 0 bridgehead atoms. The van der Waals surface area contributed by atoms with Crippen LogP contribution in [0.25, 0.3) is 0 Å². The minimum Gasteiger partial charge on any atom is -0.367 e. The van der Waals surface area contributed by atoms with Crippen molar-refractivity contribution >= 4 is 11.6 Å². The van der Waals surface area contributed by atoms with Gasteiger partial charge in [-0.15, -0.1) is 0 Å². The van der Waals surface area contributed by atoms with E-state index in [1.54, 1.807) is 0 Å². The standard InChI is InChI=1S/C11H21N5/c1-5-6-7(2)13-10-8(3)11(16-12)15-9(4)14-10/h7H,5-6,12H2,1-4H3,(H2,13,14,15,16). The maximum Gasteiger partial charge on any atom is 0.148 e. The van der Waals surface area contributed by atoms with Crippen LogP contribution in [0.1, 0.15) is 38.1 Å². The molecule has 1 aromatic rings. The molecule has 1 heterocycles. The average molecular weight is 223 g/mol. The monoisotopic (exact) mass is 223 g/mol. The lowest BCUT2D eigenvalue weighted by atomic mass is 10.2. The second-order valence-corrected chi connectivity index (χ2v) is 4.07. The van der Waals surface area contributed by atoms with Gasteiger partial charge in [-0.05, 0) is 27.2 Å². The van der Waals surface area contributed by atoms with Crippen LogP contribution in [0.2, 0.25) is 0 Å². The normalized spacial score (nSPS) is 12.3.